The van der Waals surface area contributed by atoms with E-state index in [1.807, 2.05) is 66.9 Å². The number of phenolic OH excluding ortho intramolecular Hbond substituents is 1. The van der Waals surface area contributed by atoms with Gasteiger partial charge in [0.15, 0.2) is 0 Å². The molecular formula is C22H19ClN2O2S. The summed E-state index contributed by atoms with van der Waals surface area (Å²) in [6.45, 7) is 1.92. The van der Waals surface area contributed by atoms with Gasteiger partial charge in [0, 0.05) is 27.2 Å². The van der Waals surface area contributed by atoms with Crippen LogP contribution < -0.4 is 10.1 Å². The van der Waals surface area contributed by atoms with Crippen LogP contribution >= 0.6 is 22.9 Å². The number of rotatable bonds is 5. The monoisotopic (exact) mass is 410 g/mol. The average Bonchev–Trinajstić information content (AvgIpc) is 3.22. The van der Waals surface area contributed by atoms with E-state index in [9.17, 15) is 5.11 Å². The van der Waals surface area contributed by atoms with Gasteiger partial charge in [-0.25, -0.2) is 4.98 Å². The second kappa shape index (κ2) is 7.70. The highest BCUT2D eigenvalue weighted by molar-refractivity contribution is 7.10. The van der Waals surface area contributed by atoms with Gasteiger partial charge in [-0.15, -0.1) is 11.3 Å². The van der Waals surface area contributed by atoms with Gasteiger partial charge in [0.25, 0.3) is 0 Å². The third kappa shape index (κ3) is 3.51. The Bertz CT molecular complexity index is 1130. The van der Waals surface area contributed by atoms with Crippen molar-refractivity contribution in [2.75, 3.05) is 12.4 Å². The van der Waals surface area contributed by atoms with Crippen molar-refractivity contribution in [2.24, 2.45) is 0 Å². The highest BCUT2D eigenvalue weighted by atomic mass is 35.5. The normalized spacial score (nSPS) is 12.1. The molecule has 4 rings (SSSR count). The number of hydrogen-bond donors (Lipinski definition) is 2. The Morgan fingerprint density at radius 3 is 2.68 bits per heavy atom. The number of fused-ring (bicyclic) bond motifs is 1. The number of hydrogen-bond acceptors (Lipinski definition) is 5. The van der Waals surface area contributed by atoms with Crippen molar-refractivity contribution in [3.63, 3.8) is 0 Å². The van der Waals surface area contributed by atoms with Gasteiger partial charge in [-0.3, -0.25) is 0 Å². The van der Waals surface area contributed by atoms with Crippen LogP contribution in [0.5, 0.6) is 11.5 Å². The molecular weight excluding hydrogens is 392 g/mol. The second-order valence-corrected chi connectivity index (χ2v) is 7.86. The predicted octanol–water partition coefficient (Wildman–Crippen LogP) is 6.17. The zero-order valence-electron chi connectivity index (χ0n) is 15.4. The summed E-state index contributed by atoms with van der Waals surface area (Å²) >= 11 is 7.91. The summed E-state index contributed by atoms with van der Waals surface area (Å²) < 4.78 is 5.23. The maximum absolute atomic E-state index is 11.0. The molecule has 28 heavy (non-hydrogen) atoms. The lowest BCUT2D eigenvalue weighted by atomic mass is 10.0. The van der Waals surface area contributed by atoms with Gasteiger partial charge in [-0.2, -0.15) is 0 Å². The van der Waals surface area contributed by atoms with Crippen molar-refractivity contribution in [2.45, 2.75) is 13.0 Å². The third-order valence-electron chi connectivity index (χ3n) is 4.61. The fourth-order valence-electron chi connectivity index (χ4n) is 3.20. The largest absolute Gasteiger partial charge is 0.505 e. The number of aryl methyl sites for hydroxylation is 1. The number of aromatic hydroxyl groups is 1. The fourth-order valence-corrected chi connectivity index (χ4v) is 4.25. The zero-order valence-corrected chi connectivity index (χ0v) is 17.0. The number of anilines is 1. The van der Waals surface area contributed by atoms with Crippen LogP contribution in [0.1, 0.15) is 22.2 Å². The van der Waals surface area contributed by atoms with E-state index in [0.717, 1.165) is 27.2 Å². The number of phenols is 1. The number of methoxy groups -OCH3 is 1. The predicted molar refractivity (Wildman–Crippen MR) is 116 cm³/mol. The van der Waals surface area contributed by atoms with Crippen molar-refractivity contribution < 1.29 is 9.84 Å². The van der Waals surface area contributed by atoms with Crippen molar-refractivity contribution in [3.8, 4) is 11.5 Å². The van der Waals surface area contributed by atoms with Crippen LogP contribution in [0.2, 0.25) is 5.02 Å². The summed E-state index contributed by atoms with van der Waals surface area (Å²) in [7, 11) is 1.59. The molecule has 6 heteroatoms. The number of benzene rings is 2. The summed E-state index contributed by atoms with van der Waals surface area (Å²) in [5.74, 6) is 0.805. The first-order valence-corrected chi connectivity index (χ1v) is 10.1. The molecule has 0 aliphatic heterocycles. The molecule has 2 aromatic heterocycles. The van der Waals surface area contributed by atoms with Crippen molar-refractivity contribution in [3.05, 3.63) is 81.1 Å². The van der Waals surface area contributed by atoms with Crippen LogP contribution in [0.4, 0.5) is 5.69 Å². The van der Waals surface area contributed by atoms with E-state index >= 15 is 0 Å². The lowest BCUT2D eigenvalue weighted by Crippen LogP contribution is -2.11. The Morgan fingerprint density at radius 1 is 1.14 bits per heavy atom. The topological polar surface area (TPSA) is 54.4 Å². The molecule has 0 bridgehead atoms. The molecule has 0 saturated heterocycles. The summed E-state index contributed by atoms with van der Waals surface area (Å²) in [4.78, 5) is 5.61. The van der Waals surface area contributed by atoms with E-state index in [0.29, 0.717) is 16.3 Å². The van der Waals surface area contributed by atoms with E-state index in [-0.39, 0.29) is 11.8 Å². The van der Waals surface area contributed by atoms with Gasteiger partial charge >= 0.3 is 0 Å². The van der Waals surface area contributed by atoms with Gasteiger partial charge in [-0.05, 0) is 42.6 Å². The Hall–Kier alpha value is -2.76. The minimum absolute atomic E-state index is 0.187. The lowest BCUT2D eigenvalue weighted by molar-refractivity contribution is 0.415. The minimum atomic E-state index is -0.240. The van der Waals surface area contributed by atoms with Gasteiger partial charge in [0.1, 0.15) is 17.0 Å². The molecule has 0 aliphatic rings. The van der Waals surface area contributed by atoms with Gasteiger partial charge in [0.05, 0.1) is 18.2 Å². The van der Waals surface area contributed by atoms with E-state index in [4.69, 9.17) is 16.3 Å². The smallest absolute Gasteiger partial charge is 0.147 e. The van der Waals surface area contributed by atoms with E-state index in [1.165, 1.54) is 0 Å². The fraction of sp³-hybridized carbons (Fsp3) is 0.136. The molecule has 0 aliphatic carbocycles. The van der Waals surface area contributed by atoms with Crippen molar-refractivity contribution in [1.29, 1.82) is 0 Å². The van der Waals surface area contributed by atoms with E-state index in [1.54, 1.807) is 18.4 Å². The summed E-state index contributed by atoms with van der Waals surface area (Å²) in [6.07, 6.45) is 0. The van der Waals surface area contributed by atoms with Crippen molar-refractivity contribution in [1.82, 2.24) is 4.98 Å². The molecule has 2 N–H and O–H groups in total. The molecule has 0 amide bonds. The van der Waals surface area contributed by atoms with Gasteiger partial charge in [0.2, 0.25) is 0 Å². The first-order valence-electron chi connectivity index (χ1n) is 8.79. The SMILES string of the molecule is COc1ccc(NC(c2cccs2)c2ccc3ccc(C)nc3c2O)cc1Cl. The standard InChI is InChI=1S/C22H19ClN2O2S/c1-13-5-6-14-7-9-16(22(26)20(14)24-13)21(19-4-3-11-28-19)25-15-8-10-18(27-2)17(23)12-15/h3-12,21,25-26H,1-2H3. The van der Waals surface area contributed by atoms with Gasteiger partial charge in [-0.1, -0.05) is 35.9 Å². The Kier molecular flexibility index (Phi) is 5.11. The van der Waals surface area contributed by atoms with E-state index in [2.05, 4.69) is 10.3 Å². The first kappa shape index (κ1) is 18.6. The highest BCUT2D eigenvalue weighted by Gasteiger charge is 2.21. The molecule has 2 aromatic carbocycles. The van der Waals surface area contributed by atoms with Crippen LogP contribution in [0.25, 0.3) is 10.9 Å². The quantitative estimate of drug-likeness (QED) is 0.413. The van der Waals surface area contributed by atoms with Crippen LogP contribution in [-0.2, 0) is 0 Å². The maximum atomic E-state index is 11.0. The number of pyridine rings is 1. The first-order chi connectivity index (χ1) is 13.6. The zero-order chi connectivity index (χ0) is 19.7. The molecule has 0 saturated carbocycles. The minimum Gasteiger partial charge on any atom is -0.505 e. The summed E-state index contributed by atoms with van der Waals surface area (Å²) in [5.41, 5.74) is 3.07. The lowest BCUT2D eigenvalue weighted by Gasteiger charge is -2.21. The van der Waals surface area contributed by atoms with E-state index < -0.39 is 0 Å². The Morgan fingerprint density at radius 2 is 1.96 bits per heavy atom. The Balaban J connectivity index is 1.80. The van der Waals surface area contributed by atoms with Crippen LogP contribution in [-0.4, -0.2) is 17.2 Å². The molecule has 0 radical (unpaired) electrons. The number of aromatic nitrogens is 1. The number of ether oxygens (including phenoxy) is 1. The molecule has 0 fully saturated rings. The second-order valence-electron chi connectivity index (χ2n) is 6.47. The molecule has 0 spiro atoms. The molecule has 142 valence electrons. The molecule has 4 aromatic rings. The maximum Gasteiger partial charge on any atom is 0.147 e. The molecule has 1 atom stereocenters. The third-order valence-corrected chi connectivity index (χ3v) is 5.84. The summed E-state index contributed by atoms with van der Waals surface area (Å²) in [5, 5.41) is 18.0. The summed E-state index contributed by atoms with van der Waals surface area (Å²) in [6, 6.07) is 17.2. The van der Waals surface area contributed by atoms with Crippen LogP contribution in [0, 0.1) is 6.92 Å². The average molecular weight is 411 g/mol. The Labute approximate surface area is 172 Å². The van der Waals surface area contributed by atoms with Gasteiger partial charge < -0.3 is 15.2 Å². The van der Waals surface area contributed by atoms with Crippen LogP contribution in [0.3, 0.4) is 0 Å². The molecule has 4 nitrogen and oxygen atoms in total. The number of nitrogens with one attached hydrogen (secondary N) is 1. The molecule has 2 heterocycles. The number of nitrogens with zero attached hydrogens (tertiary/aromatic N) is 1. The van der Waals surface area contributed by atoms with Crippen LogP contribution in [0.15, 0.2) is 60.0 Å². The van der Waals surface area contributed by atoms with Crippen molar-refractivity contribution >= 4 is 39.5 Å². The highest BCUT2D eigenvalue weighted by Crippen LogP contribution is 2.39. The number of thiophene rings is 1. The number of halogens is 1. The molecule has 1 unspecified atom stereocenters.